The molecule has 0 radical (unpaired) electrons. The molecule has 0 spiro atoms. The smallest absolute Gasteiger partial charge is 0.233 e. The Labute approximate surface area is 79.5 Å². The van der Waals surface area contributed by atoms with Crippen LogP contribution >= 0.6 is 0 Å². The molecule has 1 amide bonds. The van der Waals surface area contributed by atoms with Crippen LogP contribution in [0.25, 0.3) is 0 Å². The van der Waals surface area contributed by atoms with Gasteiger partial charge in [0.25, 0.3) is 0 Å². The molecular formula is C9H19N3O. The molecule has 0 aliphatic carbocycles. The molecule has 0 aromatic carbocycles. The minimum Gasteiger partial charge on any atom is -0.358 e. The molecule has 13 heavy (non-hydrogen) atoms. The number of carbonyl (C=O) groups is 1. The highest BCUT2D eigenvalue weighted by Crippen LogP contribution is 2.22. The Balaban J connectivity index is 2.21. The van der Waals surface area contributed by atoms with Crippen LogP contribution in [0.3, 0.4) is 0 Å². The average molecular weight is 185 g/mol. The van der Waals surface area contributed by atoms with Gasteiger partial charge in [0.1, 0.15) is 0 Å². The monoisotopic (exact) mass is 185 g/mol. The van der Waals surface area contributed by atoms with E-state index in [-0.39, 0.29) is 11.4 Å². The second-order valence-corrected chi connectivity index (χ2v) is 3.93. The average Bonchev–Trinajstić information content (AvgIpc) is 2.02. The lowest BCUT2D eigenvalue weighted by molar-refractivity contribution is -0.123. The summed E-state index contributed by atoms with van der Waals surface area (Å²) in [6.07, 6.45) is 2.17. The van der Waals surface area contributed by atoms with E-state index in [1.807, 2.05) is 0 Å². The summed E-state index contributed by atoms with van der Waals surface area (Å²) in [4.78, 5) is 13.1. The highest BCUT2D eigenvalue weighted by Gasteiger charge is 2.38. The van der Waals surface area contributed by atoms with Crippen LogP contribution in [0.5, 0.6) is 0 Å². The van der Waals surface area contributed by atoms with Gasteiger partial charge in [0.05, 0.1) is 6.54 Å². The fraction of sp³-hybridized carbons (Fsp3) is 0.889. The largest absolute Gasteiger partial charge is 0.358 e. The van der Waals surface area contributed by atoms with Crippen LogP contribution in [0.1, 0.15) is 19.8 Å². The Morgan fingerprint density at radius 2 is 2.23 bits per heavy atom. The van der Waals surface area contributed by atoms with E-state index in [2.05, 4.69) is 17.1 Å². The maximum atomic E-state index is 11.0. The molecule has 4 heteroatoms. The van der Waals surface area contributed by atoms with E-state index in [0.717, 1.165) is 25.9 Å². The minimum absolute atomic E-state index is 0.0250. The summed E-state index contributed by atoms with van der Waals surface area (Å²) < 4.78 is 0. The highest BCUT2D eigenvalue weighted by molar-refractivity contribution is 5.77. The first-order valence-electron chi connectivity index (χ1n) is 4.81. The lowest BCUT2D eigenvalue weighted by atomic mass is 9.86. The van der Waals surface area contributed by atoms with Crippen molar-refractivity contribution in [2.45, 2.75) is 25.3 Å². The fourth-order valence-corrected chi connectivity index (χ4v) is 1.89. The van der Waals surface area contributed by atoms with Crippen molar-refractivity contribution < 1.29 is 4.79 Å². The molecule has 0 saturated carbocycles. The molecule has 0 aromatic rings. The third kappa shape index (κ3) is 2.67. The Morgan fingerprint density at radius 3 is 2.69 bits per heavy atom. The molecule has 76 valence electrons. The predicted molar refractivity (Wildman–Crippen MR) is 52.3 cm³/mol. The second-order valence-electron chi connectivity index (χ2n) is 3.93. The number of rotatable bonds is 4. The first kappa shape index (κ1) is 10.5. The van der Waals surface area contributed by atoms with Crippen LogP contribution < -0.4 is 11.1 Å². The molecule has 4 nitrogen and oxygen atoms in total. The molecule has 1 aliphatic rings. The fourth-order valence-electron chi connectivity index (χ4n) is 1.89. The van der Waals surface area contributed by atoms with Crippen molar-refractivity contribution in [2.75, 3.05) is 26.7 Å². The zero-order valence-corrected chi connectivity index (χ0v) is 8.47. The molecule has 1 aliphatic heterocycles. The molecule has 0 unspecified atom stereocenters. The number of carbonyl (C=O) groups excluding carboxylic acids is 1. The quantitative estimate of drug-likeness (QED) is 0.623. The van der Waals surface area contributed by atoms with Crippen LogP contribution in [0.15, 0.2) is 0 Å². The summed E-state index contributed by atoms with van der Waals surface area (Å²) in [6, 6.07) is 0. The van der Waals surface area contributed by atoms with Gasteiger partial charge in [-0.05, 0) is 6.42 Å². The van der Waals surface area contributed by atoms with Crippen LogP contribution in [0, 0.1) is 0 Å². The number of nitrogens with one attached hydrogen (secondary N) is 1. The first-order chi connectivity index (χ1) is 6.09. The van der Waals surface area contributed by atoms with Crippen molar-refractivity contribution in [1.29, 1.82) is 0 Å². The van der Waals surface area contributed by atoms with Gasteiger partial charge in [0.15, 0.2) is 0 Å². The number of likely N-dealkylation sites (N-methyl/N-ethyl adjacent to an activating group) is 1. The van der Waals surface area contributed by atoms with Gasteiger partial charge in [-0.15, -0.1) is 0 Å². The molecule has 0 aromatic heterocycles. The lowest BCUT2D eigenvalue weighted by Gasteiger charge is -2.47. The number of nitrogens with two attached hydrogens (primary N) is 1. The topological polar surface area (TPSA) is 58.4 Å². The van der Waals surface area contributed by atoms with Crippen LogP contribution in [0.4, 0.5) is 0 Å². The van der Waals surface area contributed by atoms with Crippen LogP contribution in [-0.2, 0) is 4.79 Å². The van der Waals surface area contributed by atoms with Crippen molar-refractivity contribution in [1.82, 2.24) is 10.2 Å². The standard InChI is InChI=1S/C9H19N3O/c1-3-4-9(10)6-12(7-9)5-8(13)11-2/h3-7,10H2,1-2H3,(H,11,13). The lowest BCUT2D eigenvalue weighted by Crippen LogP contribution is -2.68. The molecule has 1 heterocycles. The van der Waals surface area contributed by atoms with Gasteiger partial charge < -0.3 is 11.1 Å². The van der Waals surface area contributed by atoms with Gasteiger partial charge in [0.2, 0.25) is 5.91 Å². The summed E-state index contributed by atoms with van der Waals surface area (Å²) in [7, 11) is 1.66. The summed E-state index contributed by atoms with van der Waals surface area (Å²) in [6.45, 7) is 4.33. The van der Waals surface area contributed by atoms with Crippen molar-refractivity contribution in [2.24, 2.45) is 5.73 Å². The zero-order chi connectivity index (χ0) is 9.90. The Bertz CT molecular complexity index is 187. The van der Waals surface area contributed by atoms with Crippen molar-refractivity contribution in [3.63, 3.8) is 0 Å². The predicted octanol–water partition coefficient (Wildman–Crippen LogP) is -0.454. The molecule has 0 atom stereocenters. The molecule has 1 rings (SSSR count). The third-order valence-corrected chi connectivity index (χ3v) is 2.47. The number of amides is 1. The number of likely N-dealkylation sites (tertiary alicyclic amines) is 1. The Hall–Kier alpha value is -0.610. The van der Waals surface area contributed by atoms with Crippen molar-refractivity contribution in [3.05, 3.63) is 0 Å². The maximum absolute atomic E-state index is 11.0. The zero-order valence-electron chi connectivity index (χ0n) is 8.47. The van der Waals surface area contributed by atoms with Crippen molar-refractivity contribution >= 4 is 5.91 Å². The van der Waals surface area contributed by atoms with Gasteiger partial charge in [-0.25, -0.2) is 0 Å². The minimum atomic E-state index is -0.0250. The Morgan fingerprint density at radius 1 is 1.62 bits per heavy atom. The number of nitrogens with zero attached hydrogens (tertiary/aromatic N) is 1. The molecule has 1 saturated heterocycles. The normalized spacial score (nSPS) is 20.8. The Kier molecular flexibility index (Phi) is 3.27. The SMILES string of the molecule is CCCC1(N)CN(CC(=O)NC)C1. The van der Waals surface area contributed by atoms with E-state index in [1.54, 1.807) is 7.05 Å². The van der Waals surface area contributed by atoms with E-state index in [1.165, 1.54) is 0 Å². The van der Waals surface area contributed by atoms with E-state index < -0.39 is 0 Å². The first-order valence-corrected chi connectivity index (χ1v) is 4.81. The van der Waals surface area contributed by atoms with E-state index in [0.29, 0.717) is 6.54 Å². The number of hydrogen-bond acceptors (Lipinski definition) is 3. The summed E-state index contributed by atoms with van der Waals surface area (Å²) in [5.74, 6) is 0.0681. The molecular weight excluding hydrogens is 166 g/mol. The van der Waals surface area contributed by atoms with Crippen LogP contribution in [-0.4, -0.2) is 43.0 Å². The van der Waals surface area contributed by atoms with Gasteiger partial charge >= 0.3 is 0 Å². The molecule has 1 fully saturated rings. The van der Waals surface area contributed by atoms with Crippen LogP contribution in [0.2, 0.25) is 0 Å². The summed E-state index contributed by atoms with van der Waals surface area (Å²) in [5.41, 5.74) is 6.02. The van der Waals surface area contributed by atoms with E-state index in [4.69, 9.17) is 5.73 Å². The van der Waals surface area contributed by atoms with Gasteiger partial charge in [-0.3, -0.25) is 9.69 Å². The molecule has 3 N–H and O–H groups in total. The van der Waals surface area contributed by atoms with E-state index >= 15 is 0 Å². The number of hydrogen-bond donors (Lipinski definition) is 2. The summed E-state index contributed by atoms with van der Waals surface area (Å²) >= 11 is 0. The van der Waals surface area contributed by atoms with Gasteiger partial charge in [-0.2, -0.15) is 0 Å². The highest BCUT2D eigenvalue weighted by atomic mass is 16.1. The second kappa shape index (κ2) is 4.07. The molecule has 0 bridgehead atoms. The maximum Gasteiger partial charge on any atom is 0.233 e. The van der Waals surface area contributed by atoms with Crippen molar-refractivity contribution in [3.8, 4) is 0 Å². The van der Waals surface area contributed by atoms with Gasteiger partial charge in [-0.1, -0.05) is 13.3 Å². The van der Waals surface area contributed by atoms with E-state index in [9.17, 15) is 4.79 Å². The third-order valence-electron chi connectivity index (χ3n) is 2.47. The van der Waals surface area contributed by atoms with Gasteiger partial charge in [0, 0.05) is 25.7 Å². The summed E-state index contributed by atoms with van der Waals surface area (Å²) in [5, 5.41) is 2.60.